The van der Waals surface area contributed by atoms with E-state index in [1.54, 1.807) is 51.1 Å². The van der Waals surface area contributed by atoms with Crippen molar-refractivity contribution in [3.63, 3.8) is 0 Å². The molecule has 0 fully saturated rings. The lowest BCUT2D eigenvalue weighted by Crippen LogP contribution is -2.59. The van der Waals surface area contributed by atoms with Gasteiger partial charge in [-0.15, -0.1) is 0 Å². The van der Waals surface area contributed by atoms with Crippen LogP contribution in [0, 0.1) is 5.92 Å². The molecule has 1 aromatic carbocycles. The number of carbonyl (C=O) groups is 8. The summed E-state index contributed by atoms with van der Waals surface area (Å²) in [4.78, 5) is 100. The zero-order chi connectivity index (χ0) is 35.7. The summed E-state index contributed by atoms with van der Waals surface area (Å²) in [6, 6.07) is 4.22. The Bertz CT molecular complexity index is 1280. The predicted octanol–water partition coefficient (Wildman–Crippen LogP) is -1.91. The molecule has 0 aliphatic carbocycles. The summed E-state index contributed by atoms with van der Waals surface area (Å²) in [5.74, 6) is -6.75. The highest BCUT2D eigenvalue weighted by molar-refractivity contribution is 7.80. The van der Waals surface area contributed by atoms with Crippen molar-refractivity contribution in [3.05, 3.63) is 35.9 Å². The second-order valence-electron chi connectivity index (χ2n) is 11.1. The number of likely N-dealkylation sites (N-methyl/N-ethyl adjacent to an activating group) is 1. The zero-order valence-corrected chi connectivity index (χ0v) is 27.8. The number of nitrogens with zero attached hydrogens (tertiary/aromatic N) is 1. The van der Waals surface area contributed by atoms with E-state index in [-0.39, 0.29) is 30.9 Å². The molecule has 0 spiro atoms. The smallest absolute Gasteiger partial charge is 0.303 e. The number of hydrogen-bond acceptors (Lipinski definition) is 9. The van der Waals surface area contributed by atoms with Crippen molar-refractivity contribution in [2.24, 2.45) is 11.7 Å². The van der Waals surface area contributed by atoms with Crippen molar-refractivity contribution in [3.8, 4) is 0 Å². The summed E-state index contributed by atoms with van der Waals surface area (Å²) in [5, 5.41) is 21.7. The molecule has 0 aliphatic heterocycles. The van der Waals surface area contributed by atoms with Crippen LogP contribution in [0.15, 0.2) is 30.3 Å². The van der Waals surface area contributed by atoms with E-state index in [1.807, 2.05) is 0 Å². The Morgan fingerprint density at radius 2 is 1.47 bits per heavy atom. The number of carboxylic acid groups (broad SMARTS) is 1. The fraction of sp³-hybridized carbons (Fsp3) is 0.533. The van der Waals surface area contributed by atoms with Crippen LogP contribution in [0.1, 0.15) is 45.6 Å². The first kappa shape index (κ1) is 40.4. The monoisotopic (exact) mass is 679 g/mol. The number of amides is 7. The topological polar surface area (TPSA) is 246 Å². The second-order valence-corrected chi connectivity index (χ2v) is 11.4. The first-order valence-corrected chi connectivity index (χ1v) is 15.6. The zero-order valence-electron chi connectivity index (χ0n) is 26.9. The Morgan fingerprint density at radius 3 is 2.00 bits per heavy atom. The van der Waals surface area contributed by atoms with Gasteiger partial charge in [0.25, 0.3) is 0 Å². The molecule has 4 atom stereocenters. The van der Waals surface area contributed by atoms with Gasteiger partial charge in [-0.1, -0.05) is 51.1 Å². The number of thiol groups is 1. The molecule has 17 heteroatoms. The molecular formula is C30H45N7O9S. The normalized spacial score (nSPS) is 13.2. The Morgan fingerprint density at radius 1 is 0.851 bits per heavy atom. The molecule has 1 rings (SSSR count). The molecule has 0 aliphatic rings. The maximum atomic E-state index is 13.5. The van der Waals surface area contributed by atoms with Gasteiger partial charge in [0.1, 0.15) is 24.2 Å². The van der Waals surface area contributed by atoms with E-state index in [0.717, 1.165) is 10.5 Å². The number of carboxylic acids is 1. The van der Waals surface area contributed by atoms with Gasteiger partial charge < -0.3 is 42.3 Å². The van der Waals surface area contributed by atoms with Crippen LogP contribution in [0.2, 0.25) is 0 Å². The van der Waals surface area contributed by atoms with Crippen molar-refractivity contribution in [1.29, 1.82) is 0 Å². The lowest BCUT2D eigenvalue weighted by molar-refractivity contribution is -0.141. The average Bonchev–Trinajstić information content (AvgIpc) is 3.02. The highest BCUT2D eigenvalue weighted by atomic mass is 32.1. The molecule has 0 radical (unpaired) electrons. The molecule has 8 N–H and O–H groups in total. The van der Waals surface area contributed by atoms with Crippen LogP contribution in [0.3, 0.4) is 0 Å². The van der Waals surface area contributed by atoms with Crippen molar-refractivity contribution < 1.29 is 43.5 Å². The first-order chi connectivity index (χ1) is 22.1. The van der Waals surface area contributed by atoms with E-state index in [4.69, 9.17) is 5.73 Å². The molecular weight excluding hydrogens is 634 g/mol. The molecule has 0 saturated carbocycles. The molecule has 1 aromatic rings. The van der Waals surface area contributed by atoms with Gasteiger partial charge in [0, 0.05) is 32.1 Å². The average molecular weight is 680 g/mol. The summed E-state index contributed by atoms with van der Waals surface area (Å²) in [7, 11) is 1.25. The van der Waals surface area contributed by atoms with Gasteiger partial charge in [-0.3, -0.25) is 38.4 Å². The lowest BCUT2D eigenvalue weighted by Gasteiger charge is -2.29. The van der Waals surface area contributed by atoms with Crippen LogP contribution in [-0.4, -0.2) is 107 Å². The number of rotatable bonds is 20. The van der Waals surface area contributed by atoms with E-state index in [2.05, 4.69) is 39.2 Å². The number of primary amides is 1. The van der Waals surface area contributed by atoms with Crippen molar-refractivity contribution >= 4 is 59.9 Å². The molecule has 0 aromatic heterocycles. The number of nitrogens with two attached hydrogens (primary N) is 1. The fourth-order valence-corrected chi connectivity index (χ4v) is 4.48. The van der Waals surface area contributed by atoms with Gasteiger partial charge in [-0.2, -0.15) is 12.6 Å². The van der Waals surface area contributed by atoms with Crippen LogP contribution in [0.5, 0.6) is 0 Å². The third-order valence-electron chi connectivity index (χ3n) is 6.79. The van der Waals surface area contributed by atoms with E-state index in [0.29, 0.717) is 0 Å². The quantitative estimate of drug-likeness (QED) is 0.0716. The number of benzene rings is 1. The van der Waals surface area contributed by atoms with Gasteiger partial charge in [0.15, 0.2) is 0 Å². The Hall–Kier alpha value is -4.67. The van der Waals surface area contributed by atoms with E-state index >= 15 is 0 Å². The number of aliphatic carboxylic acids is 1. The van der Waals surface area contributed by atoms with Crippen LogP contribution in [0.4, 0.5) is 0 Å². The van der Waals surface area contributed by atoms with Gasteiger partial charge in [-0.05, 0) is 17.9 Å². The minimum absolute atomic E-state index is 0.128. The van der Waals surface area contributed by atoms with Crippen LogP contribution in [-0.2, 0) is 44.8 Å². The number of carbonyl (C=O) groups excluding carboxylic acids is 7. The molecule has 0 bridgehead atoms. The molecule has 16 nitrogen and oxygen atoms in total. The maximum absolute atomic E-state index is 13.5. The lowest BCUT2D eigenvalue weighted by atomic mass is 10.00. The molecule has 7 amide bonds. The number of hydrogen-bond donors (Lipinski definition) is 8. The number of nitrogens with one attached hydrogen (secondary N) is 5. The third kappa shape index (κ3) is 15.0. The van der Waals surface area contributed by atoms with Crippen LogP contribution in [0.25, 0.3) is 0 Å². The summed E-state index contributed by atoms with van der Waals surface area (Å²) >= 11 is 4.01. The van der Waals surface area contributed by atoms with E-state index < -0.39 is 91.0 Å². The Kier molecular flexibility index (Phi) is 17.6. The SMILES string of the molecule is CCC(=O)N[C@@H](Cc1ccccc1)C(=O)N[C@H](C(=O)N[C@@H](CCC(=O)O)C(=O)N(C)CC(=O)N[C@@H](CS)C(=O)NCC(N)=O)C(C)C. The maximum Gasteiger partial charge on any atom is 0.303 e. The van der Waals surface area contributed by atoms with Crippen molar-refractivity contribution in [2.45, 2.75) is 70.6 Å². The largest absolute Gasteiger partial charge is 0.481 e. The van der Waals surface area contributed by atoms with Gasteiger partial charge in [0.2, 0.25) is 41.4 Å². The standard InChI is InChI=1S/C30H45N7O9S/c1-5-23(39)33-20(13-18-9-7-6-8-10-18)28(44)36-26(17(2)3)29(45)35-19(11-12-25(41)42)30(46)37(4)15-24(40)34-21(16-47)27(43)32-14-22(31)38/h6-10,17,19-21,26,47H,5,11-16H2,1-4H3,(H2,31,38)(H,32,43)(H,33,39)(H,34,40)(H,35,45)(H,36,44)(H,41,42)/t19-,20-,21-,26-/m0/s1. The van der Waals surface area contributed by atoms with Crippen molar-refractivity contribution in [1.82, 2.24) is 31.5 Å². The predicted molar refractivity (Wildman–Crippen MR) is 174 cm³/mol. The molecule has 0 saturated heterocycles. The summed E-state index contributed by atoms with van der Waals surface area (Å²) in [5.41, 5.74) is 5.78. The highest BCUT2D eigenvalue weighted by Crippen LogP contribution is 2.09. The molecule has 47 heavy (non-hydrogen) atoms. The molecule has 0 unspecified atom stereocenters. The summed E-state index contributed by atoms with van der Waals surface area (Å²) in [6.07, 6.45) is -0.552. The van der Waals surface area contributed by atoms with Crippen LogP contribution < -0.4 is 32.3 Å². The van der Waals surface area contributed by atoms with Gasteiger partial charge >= 0.3 is 5.97 Å². The highest BCUT2D eigenvalue weighted by Gasteiger charge is 2.33. The van der Waals surface area contributed by atoms with Gasteiger partial charge in [-0.25, -0.2) is 0 Å². The van der Waals surface area contributed by atoms with E-state index in [9.17, 15) is 43.5 Å². The minimum Gasteiger partial charge on any atom is -0.481 e. The Labute approximate surface area is 278 Å². The second kappa shape index (κ2) is 20.5. The molecule has 0 heterocycles. The first-order valence-electron chi connectivity index (χ1n) is 15.0. The van der Waals surface area contributed by atoms with Crippen LogP contribution >= 0.6 is 12.6 Å². The summed E-state index contributed by atoms with van der Waals surface area (Å²) < 4.78 is 0. The molecule has 260 valence electrons. The third-order valence-corrected chi connectivity index (χ3v) is 7.16. The van der Waals surface area contributed by atoms with E-state index in [1.165, 1.54) is 7.05 Å². The Balaban J connectivity index is 3.07. The van der Waals surface area contributed by atoms with Crippen molar-refractivity contribution in [2.75, 3.05) is 25.9 Å². The fourth-order valence-electron chi connectivity index (χ4n) is 4.22. The van der Waals surface area contributed by atoms with Gasteiger partial charge in [0.05, 0.1) is 13.1 Å². The summed E-state index contributed by atoms with van der Waals surface area (Å²) in [6.45, 7) is 3.91. The minimum atomic E-state index is -1.39.